The molecule has 0 aliphatic heterocycles. The van der Waals surface area contributed by atoms with Crippen molar-refractivity contribution < 1.29 is 9.53 Å². The summed E-state index contributed by atoms with van der Waals surface area (Å²) in [5.74, 6) is 2.54. The number of aromatic nitrogens is 1. The normalized spacial score (nSPS) is 32.4. The van der Waals surface area contributed by atoms with E-state index in [1.54, 1.807) is 6.92 Å². The van der Waals surface area contributed by atoms with E-state index < -0.39 is 0 Å². The van der Waals surface area contributed by atoms with Gasteiger partial charge in [-0.1, -0.05) is 11.8 Å². The molecule has 4 nitrogen and oxygen atoms in total. The van der Waals surface area contributed by atoms with Gasteiger partial charge in [-0.15, -0.1) is 0 Å². The van der Waals surface area contributed by atoms with E-state index in [0.717, 1.165) is 23.4 Å². The molecule has 1 aromatic rings. The zero-order chi connectivity index (χ0) is 17.4. The van der Waals surface area contributed by atoms with E-state index in [4.69, 9.17) is 9.72 Å². The molecule has 4 aliphatic carbocycles. The summed E-state index contributed by atoms with van der Waals surface area (Å²) < 4.78 is 5.00. The Kier molecular flexibility index (Phi) is 4.49. The molecule has 1 heterocycles. The second kappa shape index (κ2) is 6.64. The molecule has 4 fully saturated rings. The van der Waals surface area contributed by atoms with Crippen LogP contribution in [-0.2, 0) is 14.9 Å². The standard InChI is InChI=1S/C20H24N2O2S/c1-2-24-18(23)12-25-19-16(11-21)3-4-17(22-19)20-8-13-5-14(9-20)7-15(6-13)10-20/h3-4,13-15H,2,5-10,12H2,1H3. The van der Waals surface area contributed by atoms with Gasteiger partial charge in [0, 0.05) is 11.1 Å². The van der Waals surface area contributed by atoms with Gasteiger partial charge in [0.2, 0.25) is 0 Å². The van der Waals surface area contributed by atoms with E-state index in [1.165, 1.54) is 50.3 Å². The Morgan fingerprint density at radius 1 is 1.28 bits per heavy atom. The number of nitriles is 1. The van der Waals surface area contributed by atoms with Crippen LogP contribution in [0, 0.1) is 29.1 Å². The average Bonchev–Trinajstić information content (AvgIpc) is 2.59. The van der Waals surface area contributed by atoms with E-state index in [1.807, 2.05) is 6.07 Å². The Labute approximate surface area is 153 Å². The van der Waals surface area contributed by atoms with Gasteiger partial charge in [-0.3, -0.25) is 4.79 Å². The van der Waals surface area contributed by atoms with Gasteiger partial charge in [0.25, 0.3) is 0 Å². The fraction of sp³-hybridized carbons (Fsp3) is 0.650. The average molecular weight is 356 g/mol. The molecule has 0 aromatic carbocycles. The topological polar surface area (TPSA) is 63.0 Å². The lowest BCUT2D eigenvalue weighted by Gasteiger charge is -2.56. The van der Waals surface area contributed by atoms with Crippen LogP contribution in [0.4, 0.5) is 0 Å². The smallest absolute Gasteiger partial charge is 0.316 e. The van der Waals surface area contributed by atoms with Crippen molar-refractivity contribution in [3.63, 3.8) is 0 Å². The highest BCUT2D eigenvalue weighted by Crippen LogP contribution is 2.60. The fourth-order valence-corrected chi connectivity index (χ4v) is 6.46. The van der Waals surface area contributed by atoms with E-state index in [2.05, 4.69) is 12.1 Å². The van der Waals surface area contributed by atoms with Crippen LogP contribution in [0.5, 0.6) is 0 Å². The highest BCUT2D eigenvalue weighted by molar-refractivity contribution is 7.99. The maximum Gasteiger partial charge on any atom is 0.316 e. The molecule has 4 saturated carbocycles. The van der Waals surface area contributed by atoms with Gasteiger partial charge in [0.15, 0.2) is 0 Å². The highest BCUT2D eigenvalue weighted by atomic mass is 32.2. The molecule has 25 heavy (non-hydrogen) atoms. The van der Waals surface area contributed by atoms with Gasteiger partial charge in [0.1, 0.15) is 11.1 Å². The summed E-state index contributed by atoms with van der Waals surface area (Å²) in [6.45, 7) is 2.18. The van der Waals surface area contributed by atoms with Gasteiger partial charge in [0.05, 0.1) is 17.9 Å². The lowest BCUT2D eigenvalue weighted by atomic mass is 9.49. The molecule has 0 amide bonds. The SMILES string of the molecule is CCOC(=O)CSc1nc(C23CC4CC(CC(C4)C2)C3)ccc1C#N. The minimum atomic E-state index is -0.251. The predicted octanol–water partition coefficient (Wildman–Crippen LogP) is 4.08. The summed E-state index contributed by atoms with van der Waals surface area (Å²) in [5, 5.41) is 10.1. The Bertz CT molecular complexity index is 690. The number of carbonyl (C=O) groups excluding carboxylic acids is 1. The summed E-state index contributed by atoms with van der Waals surface area (Å²) in [5.41, 5.74) is 1.92. The van der Waals surface area contributed by atoms with Crippen molar-refractivity contribution in [3.8, 4) is 6.07 Å². The minimum absolute atomic E-state index is 0.208. The molecule has 4 aliphatic rings. The van der Waals surface area contributed by atoms with Gasteiger partial charge in [-0.05, 0) is 75.3 Å². The number of ether oxygens (including phenoxy) is 1. The molecule has 132 valence electrons. The summed E-state index contributed by atoms with van der Waals surface area (Å²) in [6, 6.07) is 6.18. The first kappa shape index (κ1) is 16.9. The maximum absolute atomic E-state index is 11.7. The Balaban J connectivity index is 1.59. The van der Waals surface area contributed by atoms with Crippen LogP contribution in [0.3, 0.4) is 0 Å². The Hall–Kier alpha value is -1.54. The number of hydrogen-bond acceptors (Lipinski definition) is 5. The summed E-state index contributed by atoms with van der Waals surface area (Å²) in [4.78, 5) is 16.6. The fourth-order valence-electron chi connectivity index (χ4n) is 5.69. The lowest BCUT2D eigenvalue weighted by molar-refractivity contribution is -0.139. The van der Waals surface area contributed by atoms with Crippen molar-refractivity contribution in [1.82, 2.24) is 4.98 Å². The molecule has 0 unspecified atom stereocenters. The van der Waals surface area contributed by atoms with E-state index >= 15 is 0 Å². The first-order valence-electron chi connectivity index (χ1n) is 9.32. The van der Waals surface area contributed by atoms with Crippen LogP contribution in [-0.4, -0.2) is 23.3 Å². The zero-order valence-electron chi connectivity index (χ0n) is 14.7. The van der Waals surface area contributed by atoms with Crippen molar-refractivity contribution in [1.29, 1.82) is 5.26 Å². The van der Waals surface area contributed by atoms with Gasteiger partial charge in [-0.2, -0.15) is 5.26 Å². The molecule has 0 N–H and O–H groups in total. The van der Waals surface area contributed by atoms with Crippen LogP contribution in [0.2, 0.25) is 0 Å². The third kappa shape index (κ3) is 3.17. The first-order chi connectivity index (χ1) is 12.1. The highest BCUT2D eigenvalue weighted by Gasteiger charge is 2.52. The number of esters is 1. The number of carbonyl (C=O) groups is 1. The molecule has 0 saturated heterocycles. The Morgan fingerprint density at radius 3 is 2.48 bits per heavy atom. The van der Waals surface area contributed by atoms with E-state index in [0.29, 0.717) is 17.2 Å². The summed E-state index contributed by atoms with van der Waals surface area (Å²) in [7, 11) is 0. The number of nitrogens with zero attached hydrogens (tertiary/aromatic N) is 2. The van der Waals surface area contributed by atoms with Crippen molar-refractivity contribution >= 4 is 17.7 Å². The van der Waals surface area contributed by atoms with Crippen LogP contribution in [0.15, 0.2) is 17.2 Å². The van der Waals surface area contributed by atoms with E-state index in [-0.39, 0.29) is 17.1 Å². The van der Waals surface area contributed by atoms with Crippen LogP contribution < -0.4 is 0 Å². The number of pyridine rings is 1. The molecule has 0 spiro atoms. The molecular weight excluding hydrogens is 332 g/mol. The predicted molar refractivity (Wildman–Crippen MR) is 96.2 cm³/mol. The van der Waals surface area contributed by atoms with Crippen LogP contribution >= 0.6 is 11.8 Å². The van der Waals surface area contributed by atoms with Gasteiger partial charge in [-0.25, -0.2) is 4.98 Å². The molecule has 5 rings (SSSR count). The largest absolute Gasteiger partial charge is 0.465 e. The van der Waals surface area contributed by atoms with Crippen molar-refractivity contribution in [2.24, 2.45) is 17.8 Å². The minimum Gasteiger partial charge on any atom is -0.465 e. The third-order valence-corrected chi connectivity index (χ3v) is 7.16. The molecular formula is C20H24N2O2S. The van der Waals surface area contributed by atoms with Gasteiger partial charge < -0.3 is 4.74 Å². The molecule has 5 heteroatoms. The number of hydrogen-bond donors (Lipinski definition) is 0. The first-order valence-corrected chi connectivity index (χ1v) is 10.3. The second-order valence-corrected chi connectivity index (χ2v) is 8.92. The number of thioether (sulfide) groups is 1. The summed E-state index contributed by atoms with van der Waals surface area (Å²) in [6.07, 6.45) is 7.96. The second-order valence-electron chi connectivity index (χ2n) is 7.95. The quantitative estimate of drug-likeness (QED) is 0.588. The van der Waals surface area contributed by atoms with Crippen LogP contribution in [0.25, 0.3) is 0 Å². The third-order valence-electron chi connectivity index (χ3n) is 6.19. The number of rotatable bonds is 5. The lowest BCUT2D eigenvalue weighted by Crippen LogP contribution is -2.49. The molecule has 4 bridgehead atoms. The van der Waals surface area contributed by atoms with Crippen molar-refractivity contribution in [3.05, 3.63) is 23.4 Å². The van der Waals surface area contributed by atoms with Crippen molar-refractivity contribution in [2.45, 2.75) is 55.9 Å². The maximum atomic E-state index is 11.7. The van der Waals surface area contributed by atoms with Gasteiger partial charge >= 0.3 is 5.97 Å². The molecule has 0 atom stereocenters. The zero-order valence-corrected chi connectivity index (χ0v) is 15.5. The molecule has 0 radical (unpaired) electrons. The van der Waals surface area contributed by atoms with Crippen molar-refractivity contribution in [2.75, 3.05) is 12.4 Å². The Morgan fingerprint density at radius 2 is 1.92 bits per heavy atom. The van der Waals surface area contributed by atoms with E-state index in [9.17, 15) is 10.1 Å². The van der Waals surface area contributed by atoms with Crippen LogP contribution in [0.1, 0.15) is 56.7 Å². The monoisotopic (exact) mass is 356 g/mol. The molecule has 1 aromatic heterocycles. The summed E-state index contributed by atoms with van der Waals surface area (Å²) >= 11 is 1.33.